The molecule has 2 atom stereocenters. The molecular formula is C11H21NO2. The predicted octanol–water partition coefficient (Wildman–Crippen LogP) is 1.18. The van der Waals surface area contributed by atoms with Gasteiger partial charge >= 0.3 is 0 Å². The normalized spacial score (nSPS) is 37.3. The minimum Gasteiger partial charge on any atom is -0.381 e. The topological polar surface area (TPSA) is 30.5 Å². The van der Waals surface area contributed by atoms with Crippen LogP contribution in [-0.4, -0.2) is 38.0 Å². The zero-order chi connectivity index (χ0) is 10.0. The Kier molecular flexibility index (Phi) is 3.10. The standard InChI is InChI=1S/C11H21NO2/c1-11(2)10(12-4-6-14-11)7-9-3-5-13-8-9/h9-10,12H,3-8H2,1-2H3. The van der Waals surface area contributed by atoms with Crippen LogP contribution in [0.15, 0.2) is 0 Å². The summed E-state index contributed by atoms with van der Waals surface area (Å²) in [6.07, 6.45) is 2.40. The molecule has 0 amide bonds. The molecule has 0 saturated carbocycles. The van der Waals surface area contributed by atoms with Crippen LogP contribution in [0.5, 0.6) is 0 Å². The average Bonchev–Trinajstić information content (AvgIpc) is 2.61. The summed E-state index contributed by atoms with van der Waals surface area (Å²) >= 11 is 0. The van der Waals surface area contributed by atoms with E-state index >= 15 is 0 Å². The van der Waals surface area contributed by atoms with Gasteiger partial charge in [0, 0.05) is 25.8 Å². The number of hydrogen-bond donors (Lipinski definition) is 1. The monoisotopic (exact) mass is 199 g/mol. The smallest absolute Gasteiger partial charge is 0.0779 e. The van der Waals surface area contributed by atoms with Crippen LogP contribution in [0.25, 0.3) is 0 Å². The van der Waals surface area contributed by atoms with E-state index in [4.69, 9.17) is 9.47 Å². The van der Waals surface area contributed by atoms with Gasteiger partial charge in [-0.05, 0) is 32.6 Å². The second kappa shape index (κ2) is 4.17. The third-order valence-corrected chi connectivity index (χ3v) is 3.40. The SMILES string of the molecule is CC1(C)OCCNC1CC1CCOC1. The first kappa shape index (κ1) is 10.4. The summed E-state index contributed by atoms with van der Waals surface area (Å²) in [5.41, 5.74) is -0.0131. The lowest BCUT2D eigenvalue weighted by Crippen LogP contribution is -2.55. The molecule has 2 aliphatic rings. The maximum absolute atomic E-state index is 5.78. The molecule has 0 bridgehead atoms. The highest BCUT2D eigenvalue weighted by molar-refractivity contribution is 4.90. The van der Waals surface area contributed by atoms with Crippen molar-refractivity contribution in [3.63, 3.8) is 0 Å². The van der Waals surface area contributed by atoms with E-state index in [1.165, 1.54) is 12.8 Å². The molecule has 82 valence electrons. The number of rotatable bonds is 2. The Bertz CT molecular complexity index is 188. The van der Waals surface area contributed by atoms with Crippen LogP contribution in [0.2, 0.25) is 0 Å². The van der Waals surface area contributed by atoms with Crippen LogP contribution in [0.1, 0.15) is 26.7 Å². The first-order chi connectivity index (χ1) is 6.68. The first-order valence-electron chi connectivity index (χ1n) is 5.63. The Morgan fingerprint density at radius 2 is 2.21 bits per heavy atom. The summed E-state index contributed by atoms with van der Waals surface area (Å²) in [6, 6.07) is 0.489. The molecule has 2 saturated heterocycles. The van der Waals surface area contributed by atoms with Gasteiger partial charge in [0.25, 0.3) is 0 Å². The predicted molar refractivity (Wildman–Crippen MR) is 55.4 cm³/mol. The lowest BCUT2D eigenvalue weighted by molar-refractivity contribution is -0.0762. The van der Waals surface area contributed by atoms with Crippen molar-refractivity contribution in [1.82, 2.24) is 5.32 Å². The summed E-state index contributed by atoms with van der Waals surface area (Å²) in [5, 5.41) is 3.56. The molecule has 0 radical (unpaired) electrons. The Balaban J connectivity index is 1.88. The highest BCUT2D eigenvalue weighted by atomic mass is 16.5. The maximum atomic E-state index is 5.78. The lowest BCUT2D eigenvalue weighted by atomic mass is 9.88. The molecule has 1 N–H and O–H groups in total. The molecule has 0 spiro atoms. The van der Waals surface area contributed by atoms with Crippen molar-refractivity contribution in [2.45, 2.75) is 38.3 Å². The Labute approximate surface area is 86.2 Å². The molecular weight excluding hydrogens is 178 g/mol. The number of morpholine rings is 1. The highest BCUT2D eigenvalue weighted by Crippen LogP contribution is 2.27. The zero-order valence-electron chi connectivity index (χ0n) is 9.21. The molecule has 2 rings (SSSR count). The summed E-state index contributed by atoms with van der Waals surface area (Å²) < 4.78 is 11.2. The molecule has 2 unspecified atom stereocenters. The highest BCUT2D eigenvalue weighted by Gasteiger charge is 2.35. The van der Waals surface area contributed by atoms with Crippen molar-refractivity contribution in [2.24, 2.45) is 5.92 Å². The van der Waals surface area contributed by atoms with Gasteiger partial charge in [0.05, 0.1) is 12.2 Å². The molecule has 0 aromatic rings. The summed E-state index contributed by atoms with van der Waals surface area (Å²) in [5.74, 6) is 0.730. The van der Waals surface area contributed by atoms with E-state index in [0.29, 0.717) is 6.04 Å². The fourth-order valence-electron chi connectivity index (χ4n) is 2.36. The zero-order valence-corrected chi connectivity index (χ0v) is 9.21. The van der Waals surface area contributed by atoms with Gasteiger partial charge in [-0.25, -0.2) is 0 Å². The van der Waals surface area contributed by atoms with Crippen molar-refractivity contribution < 1.29 is 9.47 Å². The van der Waals surface area contributed by atoms with Gasteiger partial charge in [-0.1, -0.05) is 0 Å². The second-order valence-electron chi connectivity index (χ2n) is 4.92. The molecule has 3 nitrogen and oxygen atoms in total. The van der Waals surface area contributed by atoms with E-state index in [-0.39, 0.29) is 5.60 Å². The molecule has 2 heterocycles. The van der Waals surface area contributed by atoms with Crippen LogP contribution >= 0.6 is 0 Å². The largest absolute Gasteiger partial charge is 0.381 e. The van der Waals surface area contributed by atoms with Gasteiger partial charge in [-0.15, -0.1) is 0 Å². The van der Waals surface area contributed by atoms with Crippen molar-refractivity contribution in [1.29, 1.82) is 0 Å². The average molecular weight is 199 g/mol. The van der Waals surface area contributed by atoms with Crippen molar-refractivity contribution >= 4 is 0 Å². The van der Waals surface area contributed by atoms with Gasteiger partial charge in [0.2, 0.25) is 0 Å². The molecule has 0 aromatic heterocycles. The first-order valence-corrected chi connectivity index (χ1v) is 5.63. The molecule has 0 aromatic carbocycles. The quantitative estimate of drug-likeness (QED) is 0.724. The third kappa shape index (κ3) is 2.27. The van der Waals surface area contributed by atoms with E-state index in [9.17, 15) is 0 Å². The summed E-state index contributed by atoms with van der Waals surface area (Å²) in [4.78, 5) is 0. The van der Waals surface area contributed by atoms with Gasteiger partial charge in [0.15, 0.2) is 0 Å². The summed E-state index contributed by atoms with van der Waals surface area (Å²) in [6.45, 7) is 8.07. The van der Waals surface area contributed by atoms with Gasteiger partial charge in [0.1, 0.15) is 0 Å². The Morgan fingerprint density at radius 1 is 1.36 bits per heavy atom. The van der Waals surface area contributed by atoms with Gasteiger partial charge in [-0.2, -0.15) is 0 Å². The Hall–Kier alpha value is -0.120. The van der Waals surface area contributed by atoms with Crippen LogP contribution < -0.4 is 5.32 Å². The maximum Gasteiger partial charge on any atom is 0.0779 e. The molecule has 14 heavy (non-hydrogen) atoms. The second-order valence-corrected chi connectivity index (χ2v) is 4.92. The number of hydrogen-bond acceptors (Lipinski definition) is 3. The minimum absolute atomic E-state index is 0.0131. The summed E-state index contributed by atoms with van der Waals surface area (Å²) in [7, 11) is 0. The van der Waals surface area contributed by atoms with E-state index in [1.54, 1.807) is 0 Å². The number of ether oxygens (including phenoxy) is 2. The molecule has 0 aliphatic carbocycles. The van der Waals surface area contributed by atoms with Crippen LogP contribution in [0.3, 0.4) is 0 Å². The fraction of sp³-hybridized carbons (Fsp3) is 1.00. The lowest BCUT2D eigenvalue weighted by Gasteiger charge is -2.40. The number of nitrogens with one attached hydrogen (secondary N) is 1. The van der Waals surface area contributed by atoms with Gasteiger partial charge < -0.3 is 14.8 Å². The van der Waals surface area contributed by atoms with Crippen LogP contribution in [0, 0.1) is 5.92 Å². The van der Waals surface area contributed by atoms with Gasteiger partial charge in [-0.3, -0.25) is 0 Å². The van der Waals surface area contributed by atoms with Crippen LogP contribution in [-0.2, 0) is 9.47 Å². The Morgan fingerprint density at radius 3 is 2.86 bits per heavy atom. The minimum atomic E-state index is -0.0131. The van der Waals surface area contributed by atoms with Crippen molar-refractivity contribution in [3.8, 4) is 0 Å². The van der Waals surface area contributed by atoms with Crippen molar-refractivity contribution in [3.05, 3.63) is 0 Å². The van der Waals surface area contributed by atoms with E-state index in [1.807, 2.05) is 0 Å². The van der Waals surface area contributed by atoms with E-state index < -0.39 is 0 Å². The fourth-order valence-corrected chi connectivity index (χ4v) is 2.36. The van der Waals surface area contributed by atoms with E-state index in [0.717, 1.165) is 32.3 Å². The van der Waals surface area contributed by atoms with Crippen molar-refractivity contribution in [2.75, 3.05) is 26.4 Å². The van der Waals surface area contributed by atoms with Crippen LogP contribution in [0.4, 0.5) is 0 Å². The van der Waals surface area contributed by atoms with E-state index in [2.05, 4.69) is 19.2 Å². The third-order valence-electron chi connectivity index (χ3n) is 3.40. The molecule has 3 heteroatoms. The molecule has 2 fully saturated rings. The molecule has 2 aliphatic heterocycles.